The Labute approximate surface area is 160 Å². The molecule has 1 saturated carbocycles. The molecule has 2 fully saturated rings. The van der Waals surface area contributed by atoms with Crippen LogP contribution in [-0.4, -0.2) is 35.6 Å². The fraction of sp³-hybridized carbons (Fsp3) is 0.524. The fourth-order valence-electron chi connectivity index (χ4n) is 4.41. The van der Waals surface area contributed by atoms with Gasteiger partial charge in [-0.05, 0) is 49.5 Å². The van der Waals surface area contributed by atoms with Gasteiger partial charge in [-0.1, -0.05) is 30.3 Å². The summed E-state index contributed by atoms with van der Waals surface area (Å²) in [5.74, 6) is 1.21. The Kier molecular flexibility index (Phi) is 5.16. The average molecular weight is 368 g/mol. The average Bonchev–Trinajstić information content (AvgIpc) is 2.98. The van der Waals surface area contributed by atoms with Crippen LogP contribution < -0.4 is 10.6 Å². The van der Waals surface area contributed by atoms with Gasteiger partial charge in [0.25, 0.3) is 0 Å². The molecule has 1 aromatic carbocycles. The van der Waals surface area contributed by atoms with Crippen molar-refractivity contribution in [3.05, 3.63) is 47.7 Å². The largest absolute Gasteiger partial charge is 0.381 e. The van der Waals surface area contributed by atoms with Crippen molar-refractivity contribution in [1.29, 1.82) is 0 Å². The van der Waals surface area contributed by atoms with Crippen LogP contribution in [0.4, 0.5) is 10.6 Å². The summed E-state index contributed by atoms with van der Waals surface area (Å²) in [5.41, 5.74) is 2.64. The van der Waals surface area contributed by atoms with Gasteiger partial charge in [0.2, 0.25) is 0 Å². The van der Waals surface area contributed by atoms with E-state index in [-0.39, 0.29) is 6.03 Å². The lowest BCUT2D eigenvalue weighted by molar-refractivity contribution is -0.0574. The summed E-state index contributed by atoms with van der Waals surface area (Å²) in [6.45, 7) is 5.18. The van der Waals surface area contributed by atoms with Crippen molar-refractivity contribution in [3.8, 4) is 0 Å². The minimum Gasteiger partial charge on any atom is -0.381 e. The number of hydrogen-bond donors (Lipinski definition) is 2. The Bertz CT molecular complexity index is 773. The lowest BCUT2D eigenvalue weighted by Crippen LogP contribution is -2.46. The van der Waals surface area contributed by atoms with Crippen LogP contribution in [0.1, 0.15) is 36.8 Å². The van der Waals surface area contributed by atoms with E-state index in [1.165, 1.54) is 31.2 Å². The van der Waals surface area contributed by atoms with E-state index in [1.807, 2.05) is 36.0 Å². The van der Waals surface area contributed by atoms with Gasteiger partial charge in [-0.25, -0.2) is 4.79 Å². The maximum absolute atomic E-state index is 12.3. The smallest absolute Gasteiger partial charge is 0.320 e. The molecule has 1 aliphatic heterocycles. The molecule has 1 saturated heterocycles. The Morgan fingerprint density at radius 2 is 2.00 bits per heavy atom. The van der Waals surface area contributed by atoms with Crippen molar-refractivity contribution >= 4 is 11.8 Å². The zero-order valence-corrected chi connectivity index (χ0v) is 15.9. The van der Waals surface area contributed by atoms with Gasteiger partial charge in [0.05, 0.1) is 6.54 Å². The zero-order chi connectivity index (χ0) is 18.7. The molecule has 6 nitrogen and oxygen atoms in total. The predicted octanol–water partition coefficient (Wildman–Crippen LogP) is 3.57. The molecule has 4 rings (SSSR count). The lowest BCUT2D eigenvalue weighted by Gasteiger charge is -2.50. The molecule has 0 radical (unpaired) electrons. The summed E-state index contributed by atoms with van der Waals surface area (Å²) in [6.07, 6.45) is 6.73. The molecule has 2 N–H and O–H groups in total. The van der Waals surface area contributed by atoms with E-state index in [9.17, 15) is 4.79 Å². The van der Waals surface area contributed by atoms with E-state index >= 15 is 0 Å². The van der Waals surface area contributed by atoms with E-state index in [2.05, 4.69) is 27.9 Å². The highest BCUT2D eigenvalue weighted by Crippen LogP contribution is 2.51. The van der Waals surface area contributed by atoms with Crippen LogP contribution in [0, 0.1) is 18.3 Å². The molecule has 0 unspecified atom stereocenters. The van der Waals surface area contributed by atoms with E-state index in [4.69, 9.17) is 4.74 Å². The molecular weight excluding hydrogens is 340 g/mol. The summed E-state index contributed by atoms with van der Waals surface area (Å²) in [6, 6.07) is 10.0. The van der Waals surface area contributed by atoms with Crippen LogP contribution in [0.15, 0.2) is 36.5 Å². The summed E-state index contributed by atoms with van der Waals surface area (Å²) in [4.78, 5) is 12.3. The van der Waals surface area contributed by atoms with Crippen molar-refractivity contribution in [1.82, 2.24) is 15.1 Å². The molecule has 0 atom stereocenters. The molecule has 2 aliphatic rings. The number of benzene rings is 1. The summed E-state index contributed by atoms with van der Waals surface area (Å²) in [5, 5.41) is 10.4. The SMILES string of the molecule is Cc1cn(Cc2ccccc2)nc1NC(=O)NCC1CC2(CCOCC2)C1. The molecular formula is C21H28N4O2. The summed E-state index contributed by atoms with van der Waals surface area (Å²) < 4.78 is 7.32. The Morgan fingerprint density at radius 1 is 1.26 bits per heavy atom. The molecule has 1 spiro atoms. The van der Waals surface area contributed by atoms with Gasteiger partial charge in [-0.2, -0.15) is 5.10 Å². The minimum atomic E-state index is -0.170. The third-order valence-electron chi connectivity index (χ3n) is 5.91. The number of aryl methyl sites for hydroxylation is 1. The molecule has 0 bridgehead atoms. The predicted molar refractivity (Wildman–Crippen MR) is 105 cm³/mol. The first-order chi connectivity index (χ1) is 13.1. The van der Waals surface area contributed by atoms with Crippen molar-refractivity contribution < 1.29 is 9.53 Å². The highest BCUT2D eigenvalue weighted by Gasteiger charge is 2.44. The normalized spacial score (nSPS) is 18.9. The van der Waals surface area contributed by atoms with Crippen LogP contribution in [-0.2, 0) is 11.3 Å². The van der Waals surface area contributed by atoms with E-state index < -0.39 is 0 Å². The van der Waals surface area contributed by atoms with Gasteiger partial charge in [0.1, 0.15) is 0 Å². The number of hydrogen-bond acceptors (Lipinski definition) is 3. The molecule has 2 amide bonds. The second-order valence-electron chi connectivity index (χ2n) is 8.07. The highest BCUT2D eigenvalue weighted by atomic mass is 16.5. The number of nitrogens with one attached hydrogen (secondary N) is 2. The Balaban J connectivity index is 1.24. The van der Waals surface area contributed by atoms with Crippen LogP contribution in [0.3, 0.4) is 0 Å². The highest BCUT2D eigenvalue weighted by molar-refractivity contribution is 5.88. The van der Waals surface area contributed by atoms with E-state index in [0.29, 0.717) is 23.7 Å². The summed E-state index contributed by atoms with van der Waals surface area (Å²) >= 11 is 0. The van der Waals surface area contributed by atoms with Crippen LogP contribution >= 0.6 is 0 Å². The number of carbonyl (C=O) groups is 1. The van der Waals surface area contributed by atoms with Crippen molar-refractivity contribution in [2.45, 2.75) is 39.2 Å². The van der Waals surface area contributed by atoms with Crippen LogP contribution in [0.2, 0.25) is 0 Å². The fourth-order valence-corrected chi connectivity index (χ4v) is 4.41. The zero-order valence-electron chi connectivity index (χ0n) is 15.9. The van der Waals surface area contributed by atoms with Gasteiger partial charge in [0.15, 0.2) is 5.82 Å². The molecule has 1 aliphatic carbocycles. The quantitative estimate of drug-likeness (QED) is 0.848. The monoisotopic (exact) mass is 368 g/mol. The number of nitrogens with zero attached hydrogens (tertiary/aromatic N) is 2. The number of ether oxygens (including phenoxy) is 1. The molecule has 144 valence electrons. The Hall–Kier alpha value is -2.34. The number of anilines is 1. The molecule has 2 heterocycles. The first-order valence-electron chi connectivity index (χ1n) is 9.82. The van der Waals surface area contributed by atoms with E-state index in [0.717, 1.165) is 25.3 Å². The maximum Gasteiger partial charge on any atom is 0.320 e. The summed E-state index contributed by atoms with van der Waals surface area (Å²) in [7, 11) is 0. The van der Waals surface area contributed by atoms with Gasteiger partial charge in [-0.3, -0.25) is 10.00 Å². The van der Waals surface area contributed by atoms with Gasteiger partial charge >= 0.3 is 6.03 Å². The van der Waals surface area contributed by atoms with Crippen molar-refractivity contribution in [2.24, 2.45) is 11.3 Å². The van der Waals surface area contributed by atoms with Crippen molar-refractivity contribution in [3.63, 3.8) is 0 Å². The first kappa shape index (κ1) is 18.0. The lowest BCUT2D eigenvalue weighted by atomic mass is 9.58. The third kappa shape index (κ3) is 4.33. The van der Waals surface area contributed by atoms with Crippen molar-refractivity contribution in [2.75, 3.05) is 25.1 Å². The number of aromatic nitrogens is 2. The second kappa shape index (κ2) is 7.72. The third-order valence-corrected chi connectivity index (χ3v) is 5.91. The number of rotatable bonds is 5. The minimum absolute atomic E-state index is 0.170. The number of carbonyl (C=O) groups excluding carboxylic acids is 1. The molecule has 27 heavy (non-hydrogen) atoms. The number of urea groups is 1. The van der Waals surface area contributed by atoms with Gasteiger partial charge < -0.3 is 10.1 Å². The first-order valence-corrected chi connectivity index (χ1v) is 9.82. The Morgan fingerprint density at radius 3 is 2.74 bits per heavy atom. The number of amides is 2. The standard InChI is InChI=1S/C21H28N4O2/c1-16-14-25(15-17-5-3-2-4-6-17)24-19(16)23-20(26)22-13-18-11-21(12-18)7-9-27-10-8-21/h2-6,14,18H,7-13,15H2,1H3,(H2,22,23,24,26). The van der Waals surface area contributed by atoms with E-state index in [1.54, 1.807) is 0 Å². The van der Waals surface area contributed by atoms with Gasteiger partial charge in [-0.15, -0.1) is 0 Å². The molecule has 6 heteroatoms. The molecule has 1 aromatic heterocycles. The van der Waals surface area contributed by atoms with Gasteiger partial charge in [0, 0.05) is 31.5 Å². The topological polar surface area (TPSA) is 68.2 Å². The second-order valence-corrected chi connectivity index (χ2v) is 8.07. The van der Waals surface area contributed by atoms with Crippen LogP contribution in [0.5, 0.6) is 0 Å². The van der Waals surface area contributed by atoms with Crippen LogP contribution in [0.25, 0.3) is 0 Å². The maximum atomic E-state index is 12.3. The molecule has 2 aromatic rings.